The average molecular weight is 233 g/mol. The van der Waals surface area contributed by atoms with Crippen LogP contribution >= 0.6 is 7.60 Å². The van der Waals surface area contributed by atoms with Gasteiger partial charge < -0.3 is 9.79 Å². The van der Waals surface area contributed by atoms with Crippen LogP contribution in [0.3, 0.4) is 0 Å². The van der Waals surface area contributed by atoms with Crippen LogP contribution in [0.15, 0.2) is 17.6 Å². The molecule has 1 atom stereocenters. The van der Waals surface area contributed by atoms with E-state index in [0.29, 0.717) is 19.4 Å². The first kappa shape index (κ1) is 14.3. The fourth-order valence-corrected chi connectivity index (χ4v) is 1.98. The van der Waals surface area contributed by atoms with Crippen molar-refractivity contribution in [1.29, 1.82) is 0 Å². The topological polar surface area (TPSA) is 87.0 Å². The Kier molecular flexibility index (Phi) is 7.18. The van der Waals surface area contributed by atoms with Gasteiger partial charge in [0.25, 0.3) is 0 Å². The van der Waals surface area contributed by atoms with Crippen molar-refractivity contribution in [2.45, 2.75) is 31.3 Å². The first-order chi connectivity index (χ1) is 7.02. The molecule has 0 aromatic carbocycles. The average Bonchev–Trinajstić information content (AvgIpc) is 2.15. The number of rotatable bonds is 8. The molecule has 0 aliphatic carbocycles. The van der Waals surface area contributed by atoms with Crippen molar-refractivity contribution in [2.24, 2.45) is 4.99 Å². The monoisotopic (exact) mass is 233 g/mol. The number of carbonyl (C=O) groups excluding carboxylic acids is 1. The molecular formula is C9H16NO4P. The molecule has 1 unspecified atom stereocenters. The summed E-state index contributed by atoms with van der Waals surface area (Å²) in [5.74, 6) is 0. The van der Waals surface area contributed by atoms with Gasteiger partial charge in [0.05, 0.1) is 12.2 Å². The summed E-state index contributed by atoms with van der Waals surface area (Å²) in [7, 11) is -4.04. The van der Waals surface area contributed by atoms with Crippen LogP contribution in [0.5, 0.6) is 0 Å². The third-order valence-electron chi connectivity index (χ3n) is 2.04. The van der Waals surface area contributed by atoms with E-state index in [1.807, 2.05) is 0 Å². The summed E-state index contributed by atoms with van der Waals surface area (Å²) >= 11 is 0. The molecule has 0 amide bonds. The highest BCUT2D eigenvalue weighted by Gasteiger charge is 2.24. The second-order valence-corrected chi connectivity index (χ2v) is 5.06. The smallest absolute Gasteiger partial charge is 0.324 e. The Morgan fingerprint density at radius 1 is 1.40 bits per heavy atom. The molecule has 0 spiro atoms. The fraction of sp³-hybridized carbons (Fsp3) is 0.667. The van der Waals surface area contributed by atoms with Gasteiger partial charge in [-0.2, -0.15) is 0 Å². The predicted octanol–water partition coefficient (Wildman–Crippen LogP) is 1.61. The first-order valence-electron chi connectivity index (χ1n) is 4.73. The summed E-state index contributed by atoms with van der Waals surface area (Å²) in [6, 6.07) is 0. The molecule has 0 bridgehead atoms. The van der Waals surface area contributed by atoms with Crippen molar-refractivity contribution in [1.82, 2.24) is 0 Å². The summed E-state index contributed by atoms with van der Waals surface area (Å²) in [5.41, 5.74) is -0.757. The summed E-state index contributed by atoms with van der Waals surface area (Å²) in [5, 5.41) is 0. The maximum Gasteiger partial charge on any atom is 0.332 e. The summed E-state index contributed by atoms with van der Waals surface area (Å²) in [6.45, 7) is 3.82. The van der Waals surface area contributed by atoms with Gasteiger partial charge in [0.2, 0.25) is 6.08 Å². The van der Waals surface area contributed by atoms with Crippen molar-refractivity contribution in [3.05, 3.63) is 12.7 Å². The molecule has 2 N–H and O–H groups in total. The zero-order valence-corrected chi connectivity index (χ0v) is 9.40. The van der Waals surface area contributed by atoms with Gasteiger partial charge in [-0.25, -0.2) is 9.79 Å². The summed E-state index contributed by atoms with van der Waals surface area (Å²) < 4.78 is 10.9. The van der Waals surface area contributed by atoms with E-state index < -0.39 is 13.3 Å². The molecule has 5 nitrogen and oxygen atoms in total. The fourth-order valence-electron chi connectivity index (χ4n) is 1.19. The summed E-state index contributed by atoms with van der Waals surface area (Å²) in [6.07, 6.45) is 5.36. The molecule has 6 heteroatoms. The molecule has 0 aliphatic rings. The minimum Gasteiger partial charge on any atom is -0.324 e. The van der Waals surface area contributed by atoms with Gasteiger partial charge in [0, 0.05) is 0 Å². The number of hydrogen-bond donors (Lipinski definition) is 2. The quantitative estimate of drug-likeness (QED) is 0.219. The number of isocyanates is 1. The van der Waals surface area contributed by atoms with Gasteiger partial charge >= 0.3 is 7.60 Å². The standard InChI is InChI=1S/C9H16NO4P/c1-2-9(15(12,13)14)6-4-3-5-7-10-8-11/h2,9H,1,3-7H2,(H2,12,13,14). The Balaban J connectivity index is 3.69. The maximum absolute atomic E-state index is 10.9. The normalized spacial score (nSPS) is 12.9. The highest BCUT2D eigenvalue weighted by Crippen LogP contribution is 2.44. The maximum atomic E-state index is 10.9. The van der Waals surface area contributed by atoms with Gasteiger partial charge in [-0.15, -0.1) is 6.58 Å². The van der Waals surface area contributed by atoms with Gasteiger partial charge in [-0.1, -0.05) is 18.9 Å². The lowest BCUT2D eigenvalue weighted by atomic mass is 10.1. The SMILES string of the molecule is C=CC(CCCCCN=C=O)P(=O)(O)O. The Hall–Kier alpha value is -0.730. The second-order valence-electron chi connectivity index (χ2n) is 3.21. The van der Waals surface area contributed by atoms with E-state index in [1.54, 1.807) is 0 Å². The van der Waals surface area contributed by atoms with Crippen molar-refractivity contribution in [3.63, 3.8) is 0 Å². The van der Waals surface area contributed by atoms with Gasteiger partial charge in [0.1, 0.15) is 0 Å². The van der Waals surface area contributed by atoms with Gasteiger partial charge in [-0.3, -0.25) is 4.57 Å². The van der Waals surface area contributed by atoms with Gasteiger partial charge in [0.15, 0.2) is 0 Å². The van der Waals surface area contributed by atoms with Crippen LogP contribution in [-0.2, 0) is 9.36 Å². The van der Waals surface area contributed by atoms with Crippen LogP contribution in [0.2, 0.25) is 0 Å². The minimum atomic E-state index is -4.04. The Morgan fingerprint density at radius 2 is 2.07 bits per heavy atom. The largest absolute Gasteiger partial charge is 0.332 e. The van der Waals surface area contributed by atoms with E-state index in [4.69, 9.17) is 9.79 Å². The molecule has 0 saturated carbocycles. The third-order valence-corrected chi connectivity index (χ3v) is 3.37. The Morgan fingerprint density at radius 3 is 2.53 bits per heavy atom. The van der Waals surface area contributed by atoms with E-state index in [-0.39, 0.29) is 0 Å². The van der Waals surface area contributed by atoms with Crippen molar-refractivity contribution >= 4 is 13.7 Å². The van der Waals surface area contributed by atoms with E-state index in [1.165, 1.54) is 12.2 Å². The molecule has 0 heterocycles. The lowest BCUT2D eigenvalue weighted by Crippen LogP contribution is -2.04. The van der Waals surface area contributed by atoms with Gasteiger partial charge in [-0.05, 0) is 12.8 Å². The van der Waals surface area contributed by atoms with E-state index in [9.17, 15) is 9.36 Å². The number of nitrogens with zero attached hydrogens (tertiary/aromatic N) is 1. The molecule has 15 heavy (non-hydrogen) atoms. The third kappa shape index (κ3) is 7.23. The molecule has 0 fully saturated rings. The zero-order valence-electron chi connectivity index (χ0n) is 8.50. The van der Waals surface area contributed by atoms with Crippen LogP contribution in [0, 0.1) is 0 Å². The Labute approximate surface area is 89.1 Å². The van der Waals surface area contributed by atoms with E-state index in [2.05, 4.69) is 11.6 Å². The lowest BCUT2D eigenvalue weighted by Gasteiger charge is -2.13. The lowest BCUT2D eigenvalue weighted by molar-refractivity contribution is 0.361. The number of aliphatic imine (C=N–C) groups is 1. The number of unbranched alkanes of at least 4 members (excludes halogenated alkanes) is 2. The molecule has 0 aromatic rings. The molecule has 0 rings (SSSR count). The van der Waals surface area contributed by atoms with Crippen LogP contribution in [-0.4, -0.2) is 28.1 Å². The summed E-state index contributed by atoms with van der Waals surface area (Å²) in [4.78, 5) is 30.9. The van der Waals surface area contributed by atoms with Crippen LogP contribution in [0.4, 0.5) is 0 Å². The second kappa shape index (κ2) is 7.55. The first-order valence-corrected chi connectivity index (χ1v) is 6.42. The van der Waals surface area contributed by atoms with E-state index in [0.717, 1.165) is 12.8 Å². The number of allylic oxidation sites excluding steroid dienone is 1. The predicted molar refractivity (Wildman–Crippen MR) is 57.5 cm³/mol. The molecule has 0 aromatic heterocycles. The molecule has 0 radical (unpaired) electrons. The molecule has 86 valence electrons. The zero-order chi connectivity index (χ0) is 11.7. The highest BCUT2D eigenvalue weighted by atomic mass is 31.2. The molecular weight excluding hydrogens is 217 g/mol. The van der Waals surface area contributed by atoms with Crippen molar-refractivity contribution in [2.75, 3.05) is 6.54 Å². The molecule has 0 aliphatic heterocycles. The van der Waals surface area contributed by atoms with Crippen LogP contribution in [0.1, 0.15) is 25.7 Å². The highest BCUT2D eigenvalue weighted by molar-refractivity contribution is 7.52. The van der Waals surface area contributed by atoms with Crippen molar-refractivity contribution < 1.29 is 19.1 Å². The Bertz CT molecular complexity index is 280. The van der Waals surface area contributed by atoms with E-state index >= 15 is 0 Å². The molecule has 0 saturated heterocycles. The minimum absolute atomic E-state index is 0.415. The van der Waals surface area contributed by atoms with Crippen LogP contribution in [0.25, 0.3) is 0 Å². The number of hydrogen-bond acceptors (Lipinski definition) is 3. The van der Waals surface area contributed by atoms with Crippen LogP contribution < -0.4 is 0 Å². The van der Waals surface area contributed by atoms with Crippen molar-refractivity contribution in [3.8, 4) is 0 Å².